The Hall–Kier alpha value is -2.49. The largest absolute Gasteiger partial charge is 0.471 e. The molecule has 0 bridgehead atoms. The number of anilines is 1. The van der Waals surface area contributed by atoms with E-state index in [1.165, 1.54) is 12.1 Å². The zero-order valence-corrected chi connectivity index (χ0v) is 12.1. The van der Waals surface area contributed by atoms with E-state index >= 15 is 0 Å². The maximum absolute atomic E-state index is 14.1. The van der Waals surface area contributed by atoms with E-state index in [4.69, 9.17) is 4.74 Å². The number of carbonyl (C=O) groups excluding carboxylic acids is 1. The number of nitrogens with zero attached hydrogens (tertiary/aromatic N) is 2. The van der Waals surface area contributed by atoms with Crippen molar-refractivity contribution in [3.63, 3.8) is 0 Å². The Morgan fingerprint density at radius 1 is 1.33 bits per heavy atom. The molecule has 1 saturated heterocycles. The molecule has 1 aromatic carbocycles. The molecule has 2 heterocycles. The van der Waals surface area contributed by atoms with Crippen LogP contribution in [0.5, 0.6) is 0 Å². The van der Waals surface area contributed by atoms with E-state index in [0.717, 1.165) is 12.5 Å². The molecule has 1 amide bonds. The predicted octanol–water partition coefficient (Wildman–Crippen LogP) is 3.01. The summed E-state index contributed by atoms with van der Waals surface area (Å²) in [6, 6.07) is 3.40. The second-order valence-electron chi connectivity index (χ2n) is 5.11. The zero-order chi connectivity index (χ0) is 17.3. The summed E-state index contributed by atoms with van der Waals surface area (Å²) < 4.78 is 60.6. The summed E-state index contributed by atoms with van der Waals surface area (Å²) in [7, 11) is 0. The second-order valence-corrected chi connectivity index (χ2v) is 5.11. The van der Waals surface area contributed by atoms with Gasteiger partial charge in [0.2, 0.25) is 5.82 Å². The number of ether oxygens (including phenoxy) is 1. The molecule has 1 aromatic heterocycles. The van der Waals surface area contributed by atoms with Crippen molar-refractivity contribution in [3.05, 3.63) is 29.9 Å². The molecular weight excluding hydrogens is 334 g/mol. The molecule has 1 aliphatic rings. The van der Waals surface area contributed by atoms with Crippen LogP contribution < -0.4 is 5.32 Å². The van der Waals surface area contributed by atoms with Crippen LogP contribution in [0.15, 0.2) is 22.7 Å². The third-order valence-electron chi connectivity index (χ3n) is 3.38. The SMILES string of the molecule is O=C(Nc1ccc(-c2noc(C(F)(F)F)n2)cc1F)C1CCCO1. The molecule has 0 spiro atoms. The van der Waals surface area contributed by atoms with Crippen LogP contribution >= 0.6 is 0 Å². The summed E-state index contributed by atoms with van der Waals surface area (Å²) in [4.78, 5) is 15.0. The number of halogens is 4. The van der Waals surface area contributed by atoms with Crippen molar-refractivity contribution in [2.75, 3.05) is 11.9 Å². The van der Waals surface area contributed by atoms with Gasteiger partial charge in [-0.05, 0) is 31.0 Å². The minimum Gasteiger partial charge on any atom is -0.368 e. The average molecular weight is 345 g/mol. The van der Waals surface area contributed by atoms with Gasteiger partial charge in [-0.3, -0.25) is 4.79 Å². The van der Waals surface area contributed by atoms with Crippen molar-refractivity contribution in [3.8, 4) is 11.4 Å². The van der Waals surface area contributed by atoms with Crippen LogP contribution in [0.4, 0.5) is 23.2 Å². The highest BCUT2D eigenvalue weighted by Gasteiger charge is 2.38. The summed E-state index contributed by atoms with van der Waals surface area (Å²) in [5.41, 5.74) is -0.124. The van der Waals surface area contributed by atoms with Gasteiger partial charge in [0.05, 0.1) is 5.69 Å². The van der Waals surface area contributed by atoms with Crippen LogP contribution in [0.25, 0.3) is 11.4 Å². The number of aromatic nitrogens is 2. The van der Waals surface area contributed by atoms with Gasteiger partial charge in [-0.15, -0.1) is 0 Å². The van der Waals surface area contributed by atoms with E-state index in [1.54, 1.807) is 0 Å². The number of hydrogen-bond acceptors (Lipinski definition) is 5. The standard InChI is InChI=1S/C14H11F4N3O3/c15-8-6-7(11-20-13(24-21-11)14(16,17)18)3-4-9(8)19-12(22)10-2-1-5-23-10/h3-4,6,10H,1-2,5H2,(H,19,22). The zero-order valence-electron chi connectivity index (χ0n) is 12.1. The van der Waals surface area contributed by atoms with E-state index in [9.17, 15) is 22.4 Å². The maximum atomic E-state index is 14.1. The van der Waals surface area contributed by atoms with Gasteiger partial charge in [-0.1, -0.05) is 5.16 Å². The molecule has 0 radical (unpaired) electrons. The minimum absolute atomic E-state index is 0.0122. The Kier molecular flexibility index (Phi) is 4.22. The minimum atomic E-state index is -4.78. The first-order valence-corrected chi connectivity index (χ1v) is 6.98. The lowest BCUT2D eigenvalue weighted by Gasteiger charge is -2.11. The Labute approximate surface area is 132 Å². The Balaban J connectivity index is 1.77. The molecule has 3 rings (SSSR count). The fraction of sp³-hybridized carbons (Fsp3) is 0.357. The van der Waals surface area contributed by atoms with Crippen molar-refractivity contribution in [2.45, 2.75) is 25.1 Å². The highest BCUT2D eigenvalue weighted by molar-refractivity contribution is 5.94. The molecule has 10 heteroatoms. The first-order chi connectivity index (χ1) is 11.3. The quantitative estimate of drug-likeness (QED) is 0.866. The normalized spacial score (nSPS) is 17.9. The predicted molar refractivity (Wildman–Crippen MR) is 72.3 cm³/mol. The van der Waals surface area contributed by atoms with E-state index in [-0.39, 0.29) is 11.3 Å². The highest BCUT2D eigenvalue weighted by atomic mass is 19.4. The number of nitrogens with one attached hydrogen (secondary N) is 1. The molecule has 1 atom stereocenters. The molecule has 0 aliphatic carbocycles. The van der Waals surface area contributed by atoms with Crippen molar-refractivity contribution in [1.82, 2.24) is 10.1 Å². The van der Waals surface area contributed by atoms with Crippen LogP contribution in [0, 0.1) is 5.82 Å². The number of rotatable bonds is 3. The Morgan fingerprint density at radius 3 is 2.71 bits per heavy atom. The molecule has 1 aliphatic heterocycles. The number of amides is 1. The summed E-state index contributed by atoms with van der Waals surface area (Å²) in [6.07, 6.45) is -4.11. The second kappa shape index (κ2) is 6.19. The smallest absolute Gasteiger partial charge is 0.368 e. The highest BCUT2D eigenvalue weighted by Crippen LogP contribution is 2.30. The lowest BCUT2D eigenvalue weighted by Crippen LogP contribution is -2.27. The van der Waals surface area contributed by atoms with Crippen LogP contribution in [0.1, 0.15) is 18.7 Å². The van der Waals surface area contributed by atoms with Crippen LogP contribution in [-0.4, -0.2) is 28.8 Å². The van der Waals surface area contributed by atoms with Gasteiger partial charge < -0.3 is 14.6 Å². The van der Waals surface area contributed by atoms with Crippen molar-refractivity contribution in [1.29, 1.82) is 0 Å². The number of hydrogen-bond donors (Lipinski definition) is 1. The maximum Gasteiger partial charge on any atom is 0.471 e. The lowest BCUT2D eigenvalue weighted by molar-refractivity contribution is -0.159. The summed E-state index contributed by atoms with van der Waals surface area (Å²) >= 11 is 0. The first-order valence-electron chi connectivity index (χ1n) is 6.98. The molecule has 0 saturated carbocycles. The van der Waals surface area contributed by atoms with Gasteiger partial charge in [-0.2, -0.15) is 18.2 Å². The molecule has 1 N–H and O–H groups in total. The lowest BCUT2D eigenvalue weighted by atomic mass is 10.1. The summed E-state index contributed by atoms with van der Waals surface area (Å²) in [6.45, 7) is 0.471. The van der Waals surface area contributed by atoms with Gasteiger partial charge in [-0.25, -0.2) is 4.39 Å². The van der Waals surface area contributed by atoms with Gasteiger partial charge in [0.15, 0.2) is 0 Å². The molecule has 128 valence electrons. The molecule has 1 unspecified atom stereocenters. The van der Waals surface area contributed by atoms with E-state index < -0.39 is 35.7 Å². The van der Waals surface area contributed by atoms with Gasteiger partial charge in [0, 0.05) is 12.2 Å². The van der Waals surface area contributed by atoms with Gasteiger partial charge in [0.1, 0.15) is 11.9 Å². The Bertz CT molecular complexity index is 754. The van der Waals surface area contributed by atoms with Crippen LogP contribution in [0.2, 0.25) is 0 Å². The van der Waals surface area contributed by atoms with Gasteiger partial charge in [0.25, 0.3) is 5.91 Å². The third-order valence-corrected chi connectivity index (χ3v) is 3.38. The Morgan fingerprint density at radius 2 is 2.12 bits per heavy atom. The van der Waals surface area contributed by atoms with Crippen LogP contribution in [0.3, 0.4) is 0 Å². The van der Waals surface area contributed by atoms with Crippen molar-refractivity contribution in [2.24, 2.45) is 0 Å². The van der Waals surface area contributed by atoms with E-state index in [2.05, 4.69) is 20.0 Å². The molecule has 1 fully saturated rings. The summed E-state index contributed by atoms with van der Waals surface area (Å²) in [5, 5.41) is 5.54. The molecule has 2 aromatic rings. The van der Waals surface area contributed by atoms with Crippen molar-refractivity contribution < 1.29 is 31.6 Å². The molecular formula is C14H11F4N3O3. The molecule has 24 heavy (non-hydrogen) atoms. The van der Waals surface area contributed by atoms with E-state index in [1.807, 2.05) is 0 Å². The van der Waals surface area contributed by atoms with Crippen LogP contribution in [-0.2, 0) is 15.7 Å². The first kappa shape index (κ1) is 16.4. The summed E-state index contributed by atoms with van der Waals surface area (Å²) in [5.74, 6) is -3.23. The van der Waals surface area contributed by atoms with E-state index in [0.29, 0.717) is 13.0 Å². The number of alkyl halides is 3. The monoisotopic (exact) mass is 345 g/mol. The topological polar surface area (TPSA) is 77.3 Å². The number of benzene rings is 1. The third kappa shape index (κ3) is 3.37. The van der Waals surface area contributed by atoms with Crippen molar-refractivity contribution >= 4 is 11.6 Å². The fourth-order valence-electron chi connectivity index (χ4n) is 2.21. The molecule has 6 nitrogen and oxygen atoms in total. The van der Waals surface area contributed by atoms with Gasteiger partial charge >= 0.3 is 12.1 Å². The number of carbonyl (C=O) groups is 1. The average Bonchev–Trinajstić information content (AvgIpc) is 3.20. The fourth-order valence-corrected chi connectivity index (χ4v) is 2.21.